The Kier molecular flexibility index (Phi) is 2.28. The van der Waals surface area contributed by atoms with Crippen LogP contribution in [0.15, 0.2) is 0 Å². The van der Waals surface area contributed by atoms with Crippen LogP contribution in [0.1, 0.15) is 51.9 Å². The third kappa shape index (κ3) is 1.57. The standard InChI is InChI=1S/C11H22B2/c1-2-11(12,13)9-4-7-10(8-9)5-3-6-10/h9H,2-8,12-13H2,1H3. The van der Waals surface area contributed by atoms with Crippen LogP contribution in [-0.2, 0) is 0 Å². The third-order valence-corrected chi connectivity index (χ3v) is 5.13. The molecule has 2 rings (SSSR count). The molecule has 2 aliphatic rings. The molecule has 1 unspecified atom stereocenters. The minimum absolute atomic E-state index is 0.610. The summed E-state index contributed by atoms with van der Waals surface area (Å²) in [4.78, 5) is 0. The van der Waals surface area contributed by atoms with E-state index in [1.54, 1.807) is 25.7 Å². The third-order valence-electron chi connectivity index (χ3n) is 5.13. The van der Waals surface area contributed by atoms with Gasteiger partial charge in [0.15, 0.2) is 0 Å². The highest BCUT2D eigenvalue weighted by molar-refractivity contribution is 6.39. The van der Waals surface area contributed by atoms with Crippen LogP contribution in [0.25, 0.3) is 0 Å². The normalized spacial score (nSPS) is 31.9. The number of rotatable bonds is 2. The Morgan fingerprint density at radius 3 is 2.38 bits per heavy atom. The average molecular weight is 176 g/mol. The molecular formula is C11H22B2. The van der Waals surface area contributed by atoms with Gasteiger partial charge in [-0.05, 0) is 37.0 Å². The molecule has 0 aromatic carbocycles. The highest BCUT2D eigenvalue weighted by atomic mass is 14.5. The van der Waals surface area contributed by atoms with E-state index in [4.69, 9.17) is 0 Å². The van der Waals surface area contributed by atoms with Crippen LogP contribution < -0.4 is 0 Å². The summed E-state index contributed by atoms with van der Waals surface area (Å²) in [6, 6.07) is 0. The summed E-state index contributed by atoms with van der Waals surface area (Å²) in [6.07, 6.45) is 10.6. The van der Waals surface area contributed by atoms with Crippen molar-refractivity contribution >= 4 is 15.7 Å². The van der Waals surface area contributed by atoms with Crippen LogP contribution in [0.2, 0.25) is 5.21 Å². The van der Waals surface area contributed by atoms with Crippen LogP contribution >= 0.6 is 0 Å². The van der Waals surface area contributed by atoms with Crippen molar-refractivity contribution in [1.82, 2.24) is 0 Å². The summed E-state index contributed by atoms with van der Waals surface area (Å²) < 4.78 is 0. The second-order valence-corrected chi connectivity index (χ2v) is 6.14. The molecule has 72 valence electrons. The fraction of sp³-hybridized carbons (Fsp3) is 1.00. The predicted octanol–water partition coefficient (Wildman–Crippen LogP) is 1.75. The van der Waals surface area contributed by atoms with Crippen molar-refractivity contribution in [2.75, 3.05) is 0 Å². The summed E-state index contributed by atoms with van der Waals surface area (Å²) in [5.41, 5.74) is 0.844. The van der Waals surface area contributed by atoms with Crippen molar-refractivity contribution in [2.24, 2.45) is 11.3 Å². The Balaban J connectivity index is 1.97. The van der Waals surface area contributed by atoms with Crippen LogP contribution in [0, 0.1) is 11.3 Å². The van der Waals surface area contributed by atoms with Gasteiger partial charge < -0.3 is 0 Å². The highest BCUT2D eigenvalue weighted by Gasteiger charge is 2.46. The SMILES string of the molecule is BC(B)(CC)C1CCC2(CCC2)C1. The van der Waals surface area contributed by atoms with Crippen molar-refractivity contribution in [3.05, 3.63) is 0 Å². The summed E-state index contributed by atoms with van der Waals surface area (Å²) in [6.45, 7) is 2.35. The van der Waals surface area contributed by atoms with E-state index in [0.29, 0.717) is 5.21 Å². The molecule has 2 heteroatoms. The zero-order valence-electron chi connectivity index (χ0n) is 9.53. The first-order valence-electron chi connectivity index (χ1n) is 6.08. The van der Waals surface area contributed by atoms with Gasteiger partial charge in [-0.25, -0.2) is 0 Å². The Morgan fingerprint density at radius 2 is 2.00 bits per heavy atom. The smallest absolute Gasteiger partial charge is 0.0820 e. The van der Waals surface area contributed by atoms with Gasteiger partial charge in [-0.3, -0.25) is 0 Å². The van der Waals surface area contributed by atoms with Gasteiger partial charge in [-0.15, -0.1) is 0 Å². The Labute approximate surface area is 84.7 Å². The van der Waals surface area contributed by atoms with Gasteiger partial charge >= 0.3 is 0 Å². The summed E-state index contributed by atoms with van der Waals surface area (Å²) in [5.74, 6) is 1.03. The topological polar surface area (TPSA) is 0 Å². The van der Waals surface area contributed by atoms with Crippen molar-refractivity contribution in [3.63, 3.8) is 0 Å². The Bertz CT molecular complexity index is 194. The maximum atomic E-state index is 2.47. The number of hydrogen-bond acceptors (Lipinski definition) is 0. The molecular weight excluding hydrogens is 154 g/mol. The molecule has 1 spiro atoms. The van der Waals surface area contributed by atoms with Crippen molar-refractivity contribution in [2.45, 2.75) is 57.1 Å². The first kappa shape index (κ1) is 9.68. The summed E-state index contributed by atoms with van der Waals surface area (Å²) in [7, 11) is 4.94. The molecule has 0 amide bonds. The van der Waals surface area contributed by atoms with E-state index in [1.165, 1.54) is 19.3 Å². The first-order valence-corrected chi connectivity index (χ1v) is 6.08. The van der Waals surface area contributed by atoms with E-state index in [9.17, 15) is 0 Å². The fourth-order valence-electron chi connectivity index (χ4n) is 3.29. The zero-order chi connectivity index (χ0) is 9.53. The van der Waals surface area contributed by atoms with E-state index >= 15 is 0 Å². The van der Waals surface area contributed by atoms with Crippen molar-refractivity contribution < 1.29 is 0 Å². The first-order chi connectivity index (χ1) is 6.08. The van der Waals surface area contributed by atoms with E-state index in [0.717, 1.165) is 11.3 Å². The van der Waals surface area contributed by atoms with Gasteiger partial charge in [0.05, 0.1) is 15.7 Å². The summed E-state index contributed by atoms with van der Waals surface area (Å²) in [5, 5.41) is 0.610. The molecule has 2 fully saturated rings. The molecule has 0 aromatic rings. The van der Waals surface area contributed by atoms with Gasteiger partial charge in [0.2, 0.25) is 0 Å². The maximum Gasteiger partial charge on any atom is 0.0995 e. The zero-order valence-corrected chi connectivity index (χ0v) is 9.53. The minimum Gasteiger partial charge on any atom is -0.0820 e. The lowest BCUT2D eigenvalue weighted by molar-refractivity contribution is 0.134. The number of hydrogen-bond donors (Lipinski definition) is 0. The van der Waals surface area contributed by atoms with E-state index < -0.39 is 0 Å². The molecule has 0 saturated heterocycles. The van der Waals surface area contributed by atoms with Gasteiger partial charge in [0.1, 0.15) is 0 Å². The predicted molar refractivity (Wildman–Crippen MR) is 63.7 cm³/mol. The molecule has 2 aliphatic carbocycles. The molecule has 0 radical (unpaired) electrons. The van der Waals surface area contributed by atoms with Gasteiger partial charge in [0.25, 0.3) is 0 Å². The highest BCUT2D eigenvalue weighted by Crippen LogP contribution is 2.59. The fourth-order valence-corrected chi connectivity index (χ4v) is 3.29. The Hall–Kier alpha value is 0.130. The average Bonchev–Trinajstić information content (AvgIpc) is 2.48. The molecule has 0 aliphatic heterocycles. The lowest BCUT2D eigenvalue weighted by Crippen LogP contribution is -2.28. The molecule has 0 N–H and O–H groups in total. The minimum atomic E-state index is 0.610. The molecule has 13 heavy (non-hydrogen) atoms. The van der Waals surface area contributed by atoms with Crippen molar-refractivity contribution in [1.29, 1.82) is 0 Å². The van der Waals surface area contributed by atoms with Crippen LogP contribution in [0.4, 0.5) is 0 Å². The largest absolute Gasteiger partial charge is 0.0995 e. The summed E-state index contributed by atoms with van der Waals surface area (Å²) >= 11 is 0. The van der Waals surface area contributed by atoms with E-state index in [2.05, 4.69) is 22.6 Å². The quantitative estimate of drug-likeness (QED) is 0.562. The van der Waals surface area contributed by atoms with Crippen LogP contribution in [-0.4, -0.2) is 15.7 Å². The van der Waals surface area contributed by atoms with Crippen LogP contribution in [0.3, 0.4) is 0 Å². The van der Waals surface area contributed by atoms with Gasteiger partial charge in [0, 0.05) is 0 Å². The van der Waals surface area contributed by atoms with Gasteiger partial charge in [-0.1, -0.05) is 31.4 Å². The lowest BCUT2D eigenvalue weighted by atomic mass is 9.46. The van der Waals surface area contributed by atoms with E-state index in [1.807, 2.05) is 0 Å². The molecule has 2 saturated carbocycles. The molecule has 0 heterocycles. The molecule has 0 nitrogen and oxygen atoms in total. The van der Waals surface area contributed by atoms with Crippen LogP contribution in [0.5, 0.6) is 0 Å². The Morgan fingerprint density at radius 1 is 1.31 bits per heavy atom. The van der Waals surface area contributed by atoms with E-state index in [-0.39, 0.29) is 0 Å². The monoisotopic (exact) mass is 176 g/mol. The van der Waals surface area contributed by atoms with Crippen molar-refractivity contribution in [3.8, 4) is 0 Å². The lowest BCUT2D eigenvalue weighted by Gasteiger charge is -2.40. The molecule has 1 atom stereocenters. The van der Waals surface area contributed by atoms with Gasteiger partial charge in [-0.2, -0.15) is 0 Å². The molecule has 0 aromatic heterocycles. The second-order valence-electron chi connectivity index (χ2n) is 6.14. The second kappa shape index (κ2) is 3.07. The molecule has 0 bridgehead atoms. The maximum absolute atomic E-state index is 2.47.